The smallest absolute Gasteiger partial charge is 0.123 e. The minimum absolute atomic E-state index is 0. The van der Waals surface area contributed by atoms with Gasteiger partial charge in [-0.2, -0.15) is 0 Å². The van der Waals surface area contributed by atoms with E-state index in [1.165, 1.54) is 18.1 Å². The molecule has 0 radical (unpaired) electrons. The predicted octanol–water partition coefficient (Wildman–Crippen LogP) is 2.59. The van der Waals surface area contributed by atoms with Crippen LogP contribution in [0.2, 0.25) is 0 Å². The molecular formula is C10H13ClFN. The molecule has 1 aliphatic rings. The Labute approximate surface area is 83.8 Å². The van der Waals surface area contributed by atoms with Crippen molar-refractivity contribution in [2.24, 2.45) is 0 Å². The van der Waals surface area contributed by atoms with E-state index in [-0.39, 0.29) is 18.2 Å². The summed E-state index contributed by atoms with van der Waals surface area (Å²) in [4.78, 5) is 0. The molecule has 0 unspecified atom stereocenters. The van der Waals surface area contributed by atoms with Crippen LogP contribution in [0.3, 0.4) is 0 Å². The minimum Gasteiger partial charge on any atom is -0.310 e. The van der Waals surface area contributed by atoms with Gasteiger partial charge in [-0.05, 0) is 43.1 Å². The Morgan fingerprint density at radius 1 is 1.46 bits per heavy atom. The van der Waals surface area contributed by atoms with Gasteiger partial charge in [0.1, 0.15) is 5.82 Å². The van der Waals surface area contributed by atoms with E-state index in [1.807, 2.05) is 13.0 Å². The average molecular weight is 202 g/mol. The van der Waals surface area contributed by atoms with Crippen LogP contribution in [-0.2, 0) is 0 Å². The molecule has 0 aromatic heterocycles. The highest BCUT2D eigenvalue weighted by atomic mass is 35.5. The maximum Gasteiger partial charge on any atom is 0.123 e. The number of aryl methyl sites for hydroxylation is 1. The zero-order valence-corrected chi connectivity index (χ0v) is 8.33. The van der Waals surface area contributed by atoms with Crippen molar-refractivity contribution in [2.45, 2.75) is 19.4 Å². The first kappa shape index (κ1) is 10.5. The minimum atomic E-state index is -0.143. The Hall–Kier alpha value is -0.600. The summed E-state index contributed by atoms with van der Waals surface area (Å²) in [5, 5.41) is 3.30. The van der Waals surface area contributed by atoms with Crippen LogP contribution in [0.4, 0.5) is 4.39 Å². The lowest BCUT2D eigenvalue weighted by Gasteiger charge is -2.29. The van der Waals surface area contributed by atoms with Gasteiger partial charge < -0.3 is 5.32 Å². The molecule has 0 spiro atoms. The number of benzene rings is 1. The molecule has 0 aliphatic carbocycles. The van der Waals surface area contributed by atoms with Gasteiger partial charge in [-0.1, -0.05) is 6.07 Å². The van der Waals surface area contributed by atoms with Gasteiger partial charge in [-0.15, -0.1) is 12.4 Å². The summed E-state index contributed by atoms with van der Waals surface area (Å²) in [6.07, 6.45) is 1.17. The first-order chi connectivity index (χ1) is 5.77. The van der Waals surface area contributed by atoms with Gasteiger partial charge in [-0.25, -0.2) is 4.39 Å². The Morgan fingerprint density at radius 2 is 2.15 bits per heavy atom. The number of nitrogens with one attached hydrogen (secondary N) is 1. The van der Waals surface area contributed by atoms with Crippen LogP contribution < -0.4 is 5.32 Å². The van der Waals surface area contributed by atoms with E-state index in [0.717, 1.165) is 12.1 Å². The molecule has 1 atom stereocenters. The summed E-state index contributed by atoms with van der Waals surface area (Å²) in [5.74, 6) is -0.143. The van der Waals surface area contributed by atoms with Crippen molar-refractivity contribution in [3.63, 3.8) is 0 Å². The molecule has 72 valence electrons. The molecule has 1 heterocycles. The van der Waals surface area contributed by atoms with Crippen molar-refractivity contribution in [2.75, 3.05) is 6.54 Å². The van der Waals surface area contributed by atoms with Crippen molar-refractivity contribution in [1.29, 1.82) is 0 Å². The van der Waals surface area contributed by atoms with Crippen LogP contribution >= 0.6 is 12.4 Å². The van der Waals surface area contributed by atoms with E-state index in [4.69, 9.17) is 0 Å². The Kier molecular flexibility index (Phi) is 3.28. The standard InChI is InChI=1S/C10H12FN.ClH/c1-7-6-8(11)2-3-9(7)10-4-5-12-10;/h2-3,6,10,12H,4-5H2,1H3;1H/t10-;/m0./s1. The Morgan fingerprint density at radius 3 is 2.62 bits per heavy atom. The maximum atomic E-state index is 12.7. The van der Waals surface area contributed by atoms with E-state index in [2.05, 4.69) is 5.32 Å². The summed E-state index contributed by atoms with van der Waals surface area (Å²) in [7, 11) is 0. The number of hydrogen-bond acceptors (Lipinski definition) is 1. The third-order valence-electron chi connectivity index (χ3n) is 2.43. The van der Waals surface area contributed by atoms with Gasteiger partial charge in [0.15, 0.2) is 0 Å². The molecule has 3 heteroatoms. The molecule has 1 nitrogen and oxygen atoms in total. The third kappa shape index (κ3) is 2.01. The van der Waals surface area contributed by atoms with Gasteiger partial charge >= 0.3 is 0 Å². The summed E-state index contributed by atoms with van der Waals surface area (Å²) in [5.41, 5.74) is 2.29. The van der Waals surface area contributed by atoms with Gasteiger partial charge in [0.25, 0.3) is 0 Å². The molecule has 0 amide bonds. The fourth-order valence-corrected chi connectivity index (χ4v) is 1.58. The number of hydrogen-bond donors (Lipinski definition) is 1. The SMILES string of the molecule is Cc1cc(F)ccc1[C@@H]1CCN1.Cl. The quantitative estimate of drug-likeness (QED) is 0.737. The van der Waals surface area contributed by atoms with Crippen LogP contribution in [0.25, 0.3) is 0 Å². The Bertz CT molecular complexity index is 297. The molecule has 1 aromatic rings. The molecule has 1 fully saturated rings. The molecule has 0 saturated carbocycles. The fourth-order valence-electron chi connectivity index (χ4n) is 1.58. The molecule has 0 bridgehead atoms. The largest absolute Gasteiger partial charge is 0.310 e. The lowest BCUT2D eigenvalue weighted by molar-refractivity contribution is 0.381. The lowest BCUT2D eigenvalue weighted by atomic mass is 9.94. The van der Waals surface area contributed by atoms with Crippen molar-refractivity contribution < 1.29 is 4.39 Å². The van der Waals surface area contributed by atoms with E-state index < -0.39 is 0 Å². The number of rotatable bonds is 1. The molecule has 2 rings (SSSR count). The molecular weight excluding hydrogens is 189 g/mol. The summed E-state index contributed by atoms with van der Waals surface area (Å²) >= 11 is 0. The highest BCUT2D eigenvalue weighted by Gasteiger charge is 2.19. The second kappa shape index (κ2) is 4.07. The van der Waals surface area contributed by atoms with E-state index in [0.29, 0.717) is 6.04 Å². The molecule has 1 saturated heterocycles. The summed E-state index contributed by atoms with van der Waals surface area (Å²) in [6.45, 7) is 3.04. The van der Waals surface area contributed by atoms with Crippen molar-refractivity contribution in [3.05, 3.63) is 35.1 Å². The van der Waals surface area contributed by atoms with E-state index in [9.17, 15) is 4.39 Å². The van der Waals surface area contributed by atoms with Gasteiger partial charge in [0, 0.05) is 6.04 Å². The summed E-state index contributed by atoms with van der Waals surface area (Å²) in [6, 6.07) is 5.46. The highest BCUT2D eigenvalue weighted by Crippen LogP contribution is 2.25. The van der Waals surface area contributed by atoms with Gasteiger partial charge in [0.05, 0.1) is 0 Å². The van der Waals surface area contributed by atoms with Crippen LogP contribution in [-0.4, -0.2) is 6.54 Å². The molecule has 1 aromatic carbocycles. The topological polar surface area (TPSA) is 12.0 Å². The van der Waals surface area contributed by atoms with Crippen molar-refractivity contribution in [1.82, 2.24) is 5.32 Å². The molecule has 1 N–H and O–H groups in total. The predicted molar refractivity (Wildman–Crippen MR) is 53.7 cm³/mol. The second-order valence-electron chi connectivity index (χ2n) is 3.30. The van der Waals surface area contributed by atoms with Crippen molar-refractivity contribution >= 4 is 12.4 Å². The summed E-state index contributed by atoms with van der Waals surface area (Å²) < 4.78 is 12.7. The zero-order valence-electron chi connectivity index (χ0n) is 7.51. The first-order valence-corrected chi connectivity index (χ1v) is 4.27. The second-order valence-corrected chi connectivity index (χ2v) is 3.30. The third-order valence-corrected chi connectivity index (χ3v) is 2.43. The first-order valence-electron chi connectivity index (χ1n) is 4.27. The molecule has 13 heavy (non-hydrogen) atoms. The van der Waals surface area contributed by atoms with Crippen LogP contribution in [0.15, 0.2) is 18.2 Å². The molecule has 1 aliphatic heterocycles. The van der Waals surface area contributed by atoms with Crippen LogP contribution in [0.5, 0.6) is 0 Å². The Balaban J connectivity index is 0.000000845. The highest BCUT2D eigenvalue weighted by molar-refractivity contribution is 5.85. The average Bonchev–Trinajstić information content (AvgIpc) is 1.91. The number of halogens is 2. The van der Waals surface area contributed by atoms with Gasteiger partial charge in [-0.3, -0.25) is 0 Å². The fraction of sp³-hybridized carbons (Fsp3) is 0.400. The van der Waals surface area contributed by atoms with Gasteiger partial charge in [0.2, 0.25) is 0 Å². The van der Waals surface area contributed by atoms with Crippen molar-refractivity contribution in [3.8, 4) is 0 Å². The van der Waals surface area contributed by atoms with E-state index in [1.54, 1.807) is 6.07 Å². The monoisotopic (exact) mass is 201 g/mol. The van der Waals surface area contributed by atoms with E-state index >= 15 is 0 Å². The maximum absolute atomic E-state index is 12.7. The lowest BCUT2D eigenvalue weighted by Crippen LogP contribution is -2.35. The zero-order chi connectivity index (χ0) is 8.55. The normalized spacial score (nSPS) is 20.3. The van der Waals surface area contributed by atoms with Crippen LogP contribution in [0, 0.1) is 12.7 Å². The van der Waals surface area contributed by atoms with Crippen LogP contribution in [0.1, 0.15) is 23.6 Å².